The lowest BCUT2D eigenvalue weighted by molar-refractivity contribution is 0.0758. The smallest absolute Gasteiger partial charge is 0.416 e. The second-order valence-electron chi connectivity index (χ2n) is 36.4. The molecule has 0 heterocycles. The first kappa shape index (κ1) is 127. The Hall–Kier alpha value is 2.35. The van der Waals surface area contributed by atoms with Crippen LogP contribution < -0.4 is 20.7 Å². The summed E-state index contributed by atoms with van der Waals surface area (Å²) in [5.41, 5.74) is 0. The van der Waals surface area contributed by atoms with Crippen molar-refractivity contribution in [3.05, 3.63) is 121 Å². The van der Waals surface area contributed by atoms with Gasteiger partial charge in [0, 0.05) is 20.7 Å². The summed E-state index contributed by atoms with van der Waals surface area (Å²) < 4.78 is 172. The van der Waals surface area contributed by atoms with Crippen LogP contribution in [0.3, 0.4) is 0 Å². The summed E-state index contributed by atoms with van der Waals surface area (Å²) in [5, 5.41) is 3.98. The fraction of sp³-hybridized carbons (Fsp3) is 0.652. The van der Waals surface area contributed by atoms with Crippen molar-refractivity contribution in [2.75, 3.05) is 0 Å². The Morgan fingerprint density at radius 1 is 0.144 bits per heavy atom. The first-order valence-corrected chi connectivity index (χ1v) is 120. The van der Waals surface area contributed by atoms with Crippen LogP contribution in [0.4, 0.5) is 0 Å². The third-order valence-corrected chi connectivity index (χ3v) is 96.0. The predicted octanol–water partition coefficient (Wildman–Crippen LogP) is 11.2. The van der Waals surface area contributed by atoms with Gasteiger partial charge in [0.2, 0.25) is 0 Å². The number of hydrogen-bond donors (Lipinski definition) is 0. The van der Waals surface area contributed by atoms with Crippen molar-refractivity contribution in [3.63, 3.8) is 0 Å². The van der Waals surface area contributed by atoms with E-state index in [4.69, 9.17) is 107 Å². The van der Waals surface area contributed by atoms with Gasteiger partial charge in [-0.25, -0.2) is 0 Å². The molecule has 4 rings (SSSR count). The molecule has 0 saturated carbocycles. The van der Waals surface area contributed by atoms with Gasteiger partial charge in [-0.05, 0) is 288 Å². The zero-order valence-electron chi connectivity index (χ0n) is 84.7. The molecule has 56 heteroatoms. The van der Waals surface area contributed by atoms with E-state index in [1.165, 1.54) is 0 Å². The summed E-state index contributed by atoms with van der Waals surface area (Å²) in [6.07, 6.45) is 0. The summed E-state index contributed by atoms with van der Waals surface area (Å²) in [6, 6.07) is 40.8. The number of rotatable bonds is 56. The SMILES string of the molecule is C.C[SiH](C)O[Si](O[SiH](C)C)(O[SiH](C)C)O[Si](C)(C)O[Si](O[SiH](C)C)(O[SiH](C)C)O[SiH](C)C.C[SiH](C)O[Si](O[SiH](C)C)(O[SiH](C)C)O[Si](O[SiH](C)C)(O[SiH](C)C)O[SiH](C)C.C[SiH](C)O[Si](O[SiH](C)C)(O[Si](C)(C)O[Si](O[SiH](C)C)(O[SiH](C)C)c1ccccc1)c1ccccc1.C[SiH](C)O[Si](O[SiH](C)C)(O[Si](O[SiH](C)C)(O[SiH](C)C)c1ccccc1)c1ccccc1. The molecule has 0 unspecified atom stereocenters. The van der Waals surface area contributed by atoms with Gasteiger partial charge >= 0.3 is 88.5 Å². The zero-order chi connectivity index (χ0) is 95.4. The highest BCUT2D eigenvalue weighted by Crippen LogP contribution is 2.33. The Balaban J connectivity index is 0.00000164. The van der Waals surface area contributed by atoms with Crippen molar-refractivity contribution in [2.45, 2.75) is 295 Å². The highest BCUT2D eigenvalue weighted by Gasteiger charge is 2.63. The van der Waals surface area contributed by atoms with E-state index in [1.54, 1.807) is 0 Å². The van der Waals surface area contributed by atoms with E-state index < -0.39 is 269 Å². The quantitative estimate of drug-likeness (QED) is 0.0373. The Morgan fingerprint density at radius 3 is 0.384 bits per heavy atom. The third kappa shape index (κ3) is 51.7. The Kier molecular flexibility index (Phi) is 62.2. The minimum atomic E-state index is -3.38. The average molecular weight is 2260 g/mol. The molecule has 0 fully saturated rings. The maximum absolute atomic E-state index is 7.17. The van der Waals surface area contributed by atoms with Crippen LogP contribution in [0.1, 0.15) is 7.43 Å². The van der Waals surface area contributed by atoms with Crippen molar-refractivity contribution in [2.24, 2.45) is 0 Å². The van der Waals surface area contributed by atoms with Gasteiger partial charge in [-0.3, -0.25) is 0 Å². The number of hydrogen-bond acceptors (Lipinski definition) is 26. The molecule has 0 amide bonds. The molecule has 26 nitrogen and oxygen atoms in total. The van der Waals surface area contributed by atoms with Crippen molar-refractivity contribution in [3.8, 4) is 0 Å². The standard InChI is InChI=1S/C22H44O6Si7.C20H38O5Si6.C14H48O8Si9.C12H42O7Si8.CH4/c1-29(2)23-34(24-30(3)4,21-17-13-11-14-18-21)27-33(9,10)28-35(25-31(5)6,26-32(7)8)22-19-15-12-16-20-22;1-26(2)21-30(22-27(3)4,19-15-11-9-12-16-19)25-31(23-28(5)6,24-29(7)8)20-17-13-10-14-18-20;1-23(2)15-30(16-24(3)4,17-25(5)6)21-29(13,14)22-31(18-26(7)8,19-27(9)10)20-28(11)12;1-20(2)13-26(14-21(3)4,15-22(5)6)19-27(16-23(7)8,17-24(9)10)18-25(11)12;/h11-20,29-32H,1-10H3;9-18,26-29H,1-8H3;23-28H,1-14H3;20-25H,1-12H3;1H4. The molecule has 4 aromatic rings. The molecule has 0 aromatic heterocycles. The van der Waals surface area contributed by atoms with Gasteiger partial charge in [-0.2, -0.15) is 0 Å². The van der Waals surface area contributed by atoms with Crippen LogP contribution in [0.2, 0.25) is 288 Å². The van der Waals surface area contributed by atoms with Crippen LogP contribution in [0, 0.1) is 0 Å². The number of benzene rings is 4. The molecule has 0 aliphatic heterocycles. The first-order valence-electron chi connectivity index (χ1n) is 45.0. The molecule has 125 heavy (non-hydrogen) atoms. The monoisotopic (exact) mass is 2260 g/mol. The van der Waals surface area contributed by atoms with Crippen molar-refractivity contribution in [1.29, 1.82) is 0 Å². The van der Waals surface area contributed by atoms with Gasteiger partial charge in [0.25, 0.3) is 0 Å². The van der Waals surface area contributed by atoms with E-state index in [9.17, 15) is 0 Å². The van der Waals surface area contributed by atoms with Gasteiger partial charge in [0.15, 0.2) is 181 Å². The molecule has 0 aliphatic carbocycles. The summed E-state index contributed by atoms with van der Waals surface area (Å²) >= 11 is 0. The van der Waals surface area contributed by atoms with E-state index in [0.29, 0.717) is 0 Å². The average Bonchev–Trinajstić information content (AvgIpc) is 0.767. The van der Waals surface area contributed by atoms with Gasteiger partial charge in [0.1, 0.15) is 0 Å². The minimum absolute atomic E-state index is 0. The van der Waals surface area contributed by atoms with E-state index in [0.717, 1.165) is 20.7 Å². The Bertz CT molecular complexity index is 3080. The fourth-order valence-corrected chi connectivity index (χ4v) is 106. The lowest BCUT2D eigenvalue weighted by atomic mass is 10.4. The van der Waals surface area contributed by atoms with Crippen molar-refractivity contribution in [1.82, 2.24) is 0 Å². The van der Waals surface area contributed by atoms with E-state index in [1.807, 2.05) is 85.9 Å². The van der Waals surface area contributed by atoms with E-state index in [-0.39, 0.29) is 7.43 Å². The van der Waals surface area contributed by atoms with Crippen molar-refractivity contribution >= 4 is 290 Å². The maximum Gasteiger partial charge on any atom is 0.641 e. The summed E-state index contributed by atoms with van der Waals surface area (Å²) in [7, 11) is -62.1. The van der Waals surface area contributed by atoms with Crippen LogP contribution in [0.5, 0.6) is 0 Å². The first-order chi connectivity index (χ1) is 57.0. The molecule has 0 aliphatic rings. The molecule has 0 radical (unpaired) electrons. The van der Waals surface area contributed by atoms with Crippen LogP contribution in [0.25, 0.3) is 0 Å². The highest BCUT2D eigenvalue weighted by atomic mass is 28.6. The second kappa shape index (κ2) is 61.0. The normalized spacial score (nSPS) is 13.6. The molecule has 0 spiro atoms. The van der Waals surface area contributed by atoms with Crippen molar-refractivity contribution < 1.29 is 107 Å². The predicted molar refractivity (Wildman–Crippen MR) is 598 cm³/mol. The lowest BCUT2D eigenvalue weighted by Gasteiger charge is -2.43. The summed E-state index contributed by atoms with van der Waals surface area (Å²) in [5.74, 6) is 0. The van der Waals surface area contributed by atoms with Gasteiger partial charge in [0.05, 0.1) is 0 Å². The molecule has 0 atom stereocenters. The molecular weight excluding hydrogens is 2090 g/mol. The highest BCUT2D eigenvalue weighted by molar-refractivity contribution is 6.98. The van der Waals surface area contributed by atoms with Crippen LogP contribution in [-0.4, -0.2) is 269 Å². The lowest BCUT2D eigenvalue weighted by Crippen LogP contribution is -2.72. The Morgan fingerprint density at radius 2 is 0.256 bits per heavy atom. The van der Waals surface area contributed by atoms with Gasteiger partial charge in [-0.15, -0.1) is 0 Å². The van der Waals surface area contributed by atoms with Crippen LogP contribution >= 0.6 is 0 Å². The Labute approximate surface area is 806 Å². The zero-order valence-corrected chi connectivity index (χ0v) is 118. The second-order valence-corrected chi connectivity index (χ2v) is 118. The van der Waals surface area contributed by atoms with E-state index in [2.05, 4.69) is 324 Å². The van der Waals surface area contributed by atoms with Crippen LogP contribution in [0.15, 0.2) is 121 Å². The molecule has 0 bridgehead atoms. The topological polar surface area (TPSA) is 240 Å². The fourth-order valence-electron chi connectivity index (χ4n) is 11.8. The maximum atomic E-state index is 7.17. The summed E-state index contributed by atoms with van der Waals surface area (Å²) in [6.45, 7) is 93.5. The van der Waals surface area contributed by atoms with Crippen LogP contribution in [-0.2, 0) is 107 Å². The van der Waals surface area contributed by atoms with Gasteiger partial charge < -0.3 is 107 Å². The minimum Gasteiger partial charge on any atom is -0.416 e. The molecule has 4 aromatic carbocycles. The largest absolute Gasteiger partial charge is 0.641 e. The molecule has 0 saturated heterocycles. The van der Waals surface area contributed by atoms with Gasteiger partial charge in [-0.1, -0.05) is 129 Å². The van der Waals surface area contributed by atoms with E-state index >= 15 is 0 Å². The molecule has 728 valence electrons. The summed E-state index contributed by atoms with van der Waals surface area (Å²) in [4.78, 5) is 0. The molecular formula is C69H176O26Si30. The third-order valence-electron chi connectivity index (χ3n) is 14.2. The molecule has 0 N–H and O–H groups in total.